The molecule has 0 radical (unpaired) electrons. The number of methoxy groups -OCH3 is 1. The second-order valence-corrected chi connectivity index (χ2v) is 4.38. The summed E-state index contributed by atoms with van der Waals surface area (Å²) in [6.45, 7) is 0. The Balaban J connectivity index is 2.23. The number of hydrogen-bond donors (Lipinski definition) is 2. The Morgan fingerprint density at radius 3 is 3.06 bits per heavy atom. The van der Waals surface area contributed by atoms with Gasteiger partial charge in [0.2, 0.25) is 0 Å². The van der Waals surface area contributed by atoms with Gasteiger partial charge in [-0.2, -0.15) is 0 Å². The van der Waals surface area contributed by atoms with Gasteiger partial charge in [-0.3, -0.25) is 0 Å². The second kappa shape index (κ2) is 4.40. The number of H-pyrrole nitrogens is 1. The fraction of sp³-hybridized carbons (Fsp3) is 0.182. The first-order chi connectivity index (χ1) is 7.72. The Kier molecular flexibility index (Phi) is 2.96. The van der Waals surface area contributed by atoms with E-state index in [1.807, 2.05) is 17.5 Å². The summed E-state index contributed by atoms with van der Waals surface area (Å²) < 4.78 is 4.62. The first-order valence-corrected chi connectivity index (χ1v) is 5.66. The molecule has 5 heteroatoms. The van der Waals surface area contributed by atoms with Crippen LogP contribution in [0.5, 0.6) is 0 Å². The Bertz CT molecular complexity index is 488. The highest BCUT2D eigenvalue weighted by atomic mass is 32.1. The number of anilines is 1. The summed E-state index contributed by atoms with van der Waals surface area (Å²) in [5.74, 6) is -0.435. The van der Waals surface area contributed by atoms with E-state index in [2.05, 4.69) is 9.72 Å². The summed E-state index contributed by atoms with van der Waals surface area (Å²) in [4.78, 5) is 15.4. The van der Waals surface area contributed by atoms with Crippen LogP contribution in [0, 0.1) is 0 Å². The van der Waals surface area contributed by atoms with Crippen LogP contribution in [0.3, 0.4) is 0 Å². The maximum absolute atomic E-state index is 11.3. The van der Waals surface area contributed by atoms with Gasteiger partial charge in [0.05, 0.1) is 12.8 Å². The molecule has 0 aliphatic carbocycles. The van der Waals surface area contributed by atoms with Gasteiger partial charge in [0.15, 0.2) is 0 Å². The van der Waals surface area contributed by atoms with Gasteiger partial charge in [0.1, 0.15) is 5.69 Å². The van der Waals surface area contributed by atoms with Crippen molar-refractivity contribution < 1.29 is 9.53 Å². The zero-order chi connectivity index (χ0) is 11.5. The topological polar surface area (TPSA) is 68.1 Å². The lowest BCUT2D eigenvalue weighted by atomic mass is 10.1. The van der Waals surface area contributed by atoms with Gasteiger partial charge < -0.3 is 15.5 Å². The van der Waals surface area contributed by atoms with Crippen LogP contribution in [-0.2, 0) is 11.2 Å². The summed E-state index contributed by atoms with van der Waals surface area (Å²) in [6, 6.07) is 4.03. The van der Waals surface area contributed by atoms with Gasteiger partial charge in [0, 0.05) is 17.5 Å². The zero-order valence-corrected chi connectivity index (χ0v) is 9.64. The lowest BCUT2D eigenvalue weighted by Crippen LogP contribution is -2.05. The number of aromatic amines is 1. The molecule has 0 fully saturated rings. The summed E-state index contributed by atoms with van der Waals surface area (Å²) in [6.07, 6.45) is 2.48. The van der Waals surface area contributed by atoms with Gasteiger partial charge in [-0.1, -0.05) is 6.07 Å². The van der Waals surface area contributed by atoms with Crippen LogP contribution in [0.15, 0.2) is 23.7 Å². The highest BCUT2D eigenvalue weighted by Crippen LogP contribution is 2.22. The van der Waals surface area contributed by atoms with Crippen molar-refractivity contribution in [2.75, 3.05) is 12.8 Å². The summed E-state index contributed by atoms with van der Waals surface area (Å²) >= 11 is 1.66. The molecule has 0 spiro atoms. The molecule has 0 aliphatic rings. The first kappa shape index (κ1) is 10.8. The number of ether oxygens (including phenoxy) is 1. The fourth-order valence-corrected chi connectivity index (χ4v) is 2.22. The van der Waals surface area contributed by atoms with E-state index in [9.17, 15) is 4.79 Å². The first-order valence-electron chi connectivity index (χ1n) is 4.78. The quantitative estimate of drug-likeness (QED) is 0.801. The van der Waals surface area contributed by atoms with E-state index in [0.717, 1.165) is 12.0 Å². The van der Waals surface area contributed by atoms with E-state index in [1.165, 1.54) is 12.0 Å². The van der Waals surface area contributed by atoms with Gasteiger partial charge in [-0.25, -0.2) is 4.79 Å². The number of carbonyl (C=O) groups excluding carboxylic acids is 1. The van der Waals surface area contributed by atoms with E-state index < -0.39 is 5.97 Å². The molecule has 0 bridgehead atoms. The van der Waals surface area contributed by atoms with E-state index in [0.29, 0.717) is 11.4 Å². The number of hydrogen-bond acceptors (Lipinski definition) is 4. The largest absolute Gasteiger partial charge is 0.464 e. The van der Waals surface area contributed by atoms with E-state index in [1.54, 1.807) is 17.5 Å². The maximum Gasteiger partial charge on any atom is 0.356 e. The average molecular weight is 236 g/mol. The van der Waals surface area contributed by atoms with Crippen LogP contribution in [0.25, 0.3) is 0 Å². The molecule has 0 saturated carbocycles. The van der Waals surface area contributed by atoms with E-state index in [-0.39, 0.29) is 0 Å². The monoisotopic (exact) mass is 236 g/mol. The molecule has 0 saturated heterocycles. The third-order valence-electron chi connectivity index (χ3n) is 2.34. The van der Waals surface area contributed by atoms with Crippen molar-refractivity contribution in [3.63, 3.8) is 0 Å². The molecule has 0 aromatic carbocycles. The van der Waals surface area contributed by atoms with Crippen molar-refractivity contribution in [1.82, 2.24) is 4.98 Å². The van der Waals surface area contributed by atoms with Crippen LogP contribution in [-0.4, -0.2) is 18.1 Å². The Labute approximate surface area is 97.0 Å². The zero-order valence-electron chi connectivity index (χ0n) is 8.82. The van der Waals surface area contributed by atoms with E-state index >= 15 is 0 Å². The molecule has 3 N–H and O–H groups in total. The minimum atomic E-state index is -0.435. The van der Waals surface area contributed by atoms with Crippen LogP contribution in [0.2, 0.25) is 0 Å². The number of esters is 1. The molecular formula is C11H12N2O2S. The third-order valence-corrected chi connectivity index (χ3v) is 3.22. The Hall–Kier alpha value is -1.75. The highest BCUT2D eigenvalue weighted by Gasteiger charge is 2.15. The number of nitrogens with one attached hydrogen (secondary N) is 1. The van der Waals surface area contributed by atoms with Crippen molar-refractivity contribution in [1.29, 1.82) is 0 Å². The van der Waals surface area contributed by atoms with Crippen LogP contribution in [0.4, 0.5) is 5.69 Å². The highest BCUT2D eigenvalue weighted by molar-refractivity contribution is 7.09. The number of thiophene rings is 1. The Morgan fingerprint density at radius 1 is 1.62 bits per heavy atom. The minimum absolute atomic E-state index is 0.328. The van der Waals surface area contributed by atoms with Crippen LogP contribution < -0.4 is 5.73 Å². The molecule has 16 heavy (non-hydrogen) atoms. The van der Waals surface area contributed by atoms with Gasteiger partial charge in [-0.05, 0) is 17.0 Å². The molecule has 0 amide bonds. The van der Waals surface area contributed by atoms with Gasteiger partial charge >= 0.3 is 5.97 Å². The molecule has 84 valence electrons. The predicted molar refractivity (Wildman–Crippen MR) is 63.7 cm³/mol. The summed E-state index contributed by atoms with van der Waals surface area (Å²) in [7, 11) is 1.33. The molecule has 2 rings (SSSR count). The molecule has 0 aliphatic heterocycles. The van der Waals surface area contributed by atoms with Crippen molar-refractivity contribution in [2.45, 2.75) is 6.42 Å². The summed E-state index contributed by atoms with van der Waals surface area (Å²) in [5, 5.41) is 2.01. The normalized spacial score (nSPS) is 10.3. The van der Waals surface area contributed by atoms with Crippen LogP contribution in [0.1, 0.15) is 20.9 Å². The molecule has 2 heterocycles. The smallest absolute Gasteiger partial charge is 0.356 e. The van der Waals surface area contributed by atoms with Gasteiger partial charge in [-0.15, -0.1) is 11.3 Å². The number of aromatic nitrogens is 1. The van der Waals surface area contributed by atoms with Crippen LogP contribution >= 0.6 is 11.3 Å². The van der Waals surface area contributed by atoms with Crippen molar-refractivity contribution >= 4 is 23.0 Å². The third kappa shape index (κ3) is 1.94. The molecule has 0 unspecified atom stereocenters. The fourth-order valence-electron chi connectivity index (χ4n) is 1.49. The lowest BCUT2D eigenvalue weighted by Gasteiger charge is -1.99. The summed E-state index contributed by atoms with van der Waals surface area (Å²) in [5.41, 5.74) is 7.59. The molecule has 2 aromatic heterocycles. The maximum atomic E-state index is 11.3. The van der Waals surface area contributed by atoms with Crippen molar-refractivity contribution in [3.05, 3.63) is 39.8 Å². The molecule has 0 atom stereocenters. The molecule has 4 nitrogen and oxygen atoms in total. The number of rotatable bonds is 3. The SMILES string of the molecule is COC(=O)c1[nH]cc(Cc2cccs2)c1N. The van der Waals surface area contributed by atoms with Gasteiger partial charge in [0.25, 0.3) is 0 Å². The minimum Gasteiger partial charge on any atom is -0.464 e. The Morgan fingerprint density at radius 2 is 2.44 bits per heavy atom. The van der Waals surface area contributed by atoms with Crippen molar-refractivity contribution in [2.24, 2.45) is 0 Å². The predicted octanol–water partition coefficient (Wildman–Crippen LogP) is 2.04. The number of nitrogens with two attached hydrogens (primary N) is 1. The molecule has 2 aromatic rings. The standard InChI is InChI=1S/C11H12N2O2S/c1-15-11(14)10-9(12)7(6-13-10)5-8-3-2-4-16-8/h2-4,6,13H,5,12H2,1H3. The average Bonchev–Trinajstić information content (AvgIpc) is 2.90. The molecular weight excluding hydrogens is 224 g/mol. The second-order valence-electron chi connectivity index (χ2n) is 3.35. The lowest BCUT2D eigenvalue weighted by molar-refractivity contribution is 0.0596. The van der Waals surface area contributed by atoms with E-state index in [4.69, 9.17) is 5.73 Å². The number of carbonyl (C=O) groups is 1. The number of nitrogen functional groups attached to an aromatic ring is 1. The van der Waals surface area contributed by atoms with Crippen molar-refractivity contribution in [3.8, 4) is 0 Å².